The zero-order valence-electron chi connectivity index (χ0n) is 14.7. The number of hydrogen-bond acceptors (Lipinski definition) is 5. The standard InChI is InChI=1S/C17H27N5O2S/c1-11(16(24)19-13-5-3-2-4-6-13)25-17-21-20-15(12-7-8-12)22(17)10-9-14(18)23/h11-13H,2-10H2,1H3,(H2,18,23)(H,19,24). The summed E-state index contributed by atoms with van der Waals surface area (Å²) in [5.41, 5.74) is 5.29. The number of carbonyl (C=O) groups is 2. The third-order valence-corrected chi connectivity index (χ3v) is 5.95. The van der Waals surface area contributed by atoms with Crippen molar-refractivity contribution < 1.29 is 9.59 Å². The maximum absolute atomic E-state index is 12.5. The van der Waals surface area contributed by atoms with Crippen LogP contribution in [0.15, 0.2) is 5.16 Å². The third kappa shape index (κ3) is 4.96. The van der Waals surface area contributed by atoms with Crippen LogP contribution in [0.3, 0.4) is 0 Å². The molecule has 0 saturated heterocycles. The second kappa shape index (κ2) is 8.21. The molecule has 0 aliphatic heterocycles. The lowest BCUT2D eigenvalue weighted by Gasteiger charge is -2.24. The van der Waals surface area contributed by atoms with Crippen LogP contribution in [-0.2, 0) is 16.1 Å². The first-order valence-corrected chi connectivity index (χ1v) is 10.1. The molecule has 1 atom stereocenters. The second-order valence-corrected chi connectivity index (χ2v) is 8.39. The SMILES string of the molecule is CC(Sc1nnc(C2CC2)n1CCC(N)=O)C(=O)NC1CCCCC1. The quantitative estimate of drug-likeness (QED) is 0.686. The van der Waals surface area contributed by atoms with E-state index < -0.39 is 0 Å². The summed E-state index contributed by atoms with van der Waals surface area (Å²) in [4.78, 5) is 23.6. The summed E-state index contributed by atoms with van der Waals surface area (Å²) in [6.07, 6.45) is 8.27. The van der Waals surface area contributed by atoms with E-state index in [1.807, 2.05) is 11.5 Å². The van der Waals surface area contributed by atoms with Gasteiger partial charge in [-0.25, -0.2) is 0 Å². The molecule has 2 aliphatic carbocycles. The fraction of sp³-hybridized carbons (Fsp3) is 0.765. The summed E-state index contributed by atoms with van der Waals surface area (Å²) in [6.45, 7) is 2.38. The number of carbonyl (C=O) groups excluding carboxylic acids is 2. The van der Waals surface area contributed by atoms with Crippen LogP contribution in [-0.4, -0.2) is 37.9 Å². The molecular weight excluding hydrogens is 338 g/mol. The van der Waals surface area contributed by atoms with Gasteiger partial charge in [0.25, 0.3) is 0 Å². The Morgan fingerprint density at radius 2 is 1.96 bits per heavy atom. The minimum Gasteiger partial charge on any atom is -0.370 e. The maximum atomic E-state index is 12.5. The molecule has 2 amide bonds. The van der Waals surface area contributed by atoms with Crippen molar-refractivity contribution in [2.45, 2.75) is 87.2 Å². The lowest BCUT2D eigenvalue weighted by atomic mass is 9.95. The van der Waals surface area contributed by atoms with Crippen LogP contribution < -0.4 is 11.1 Å². The summed E-state index contributed by atoms with van der Waals surface area (Å²) in [7, 11) is 0. The van der Waals surface area contributed by atoms with Crippen LogP contribution in [0.5, 0.6) is 0 Å². The van der Waals surface area contributed by atoms with E-state index in [4.69, 9.17) is 5.73 Å². The van der Waals surface area contributed by atoms with Gasteiger partial charge in [-0.2, -0.15) is 0 Å². The summed E-state index contributed by atoms with van der Waals surface area (Å²) in [5, 5.41) is 12.2. The number of thioether (sulfide) groups is 1. The van der Waals surface area contributed by atoms with Gasteiger partial charge in [0, 0.05) is 24.9 Å². The highest BCUT2D eigenvalue weighted by atomic mass is 32.2. The van der Waals surface area contributed by atoms with Crippen molar-refractivity contribution in [3.05, 3.63) is 5.82 Å². The highest BCUT2D eigenvalue weighted by molar-refractivity contribution is 8.00. The van der Waals surface area contributed by atoms with Crippen molar-refractivity contribution in [2.75, 3.05) is 0 Å². The zero-order chi connectivity index (χ0) is 17.8. The summed E-state index contributed by atoms with van der Waals surface area (Å²) in [6, 6.07) is 0.305. The average molecular weight is 366 g/mol. The molecule has 1 aromatic rings. The molecule has 8 heteroatoms. The Hall–Kier alpha value is -1.57. The van der Waals surface area contributed by atoms with E-state index in [9.17, 15) is 9.59 Å². The lowest BCUT2D eigenvalue weighted by Crippen LogP contribution is -2.40. The molecule has 0 radical (unpaired) electrons. The molecule has 138 valence electrons. The van der Waals surface area contributed by atoms with Gasteiger partial charge in [-0.1, -0.05) is 31.0 Å². The maximum Gasteiger partial charge on any atom is 0.233 e. The normalized spacial score (nSPS) is 19.6. The predicted octanol–water partition coefficient (Wildman–Crippen LogP) is 1.96. The number of primary amides is 1. The predicted molar refractivity (Wildman–Crippen MR) is 96.1 cm³/mol. The van der Waals surface area contributed by atoms with Crippen LogP contribution in [0.2, 0.25) is 0 Å². The van der Waals surface area contributed by atoms with Gasteiger partial charge in [-0.3, -0.25) is 9.59 Å². The van der Waals surface area contributed by atoms with Gasteiger partial charge in [0.1, 0.15) is 5.82 Å². The van der Waals surface area contributed by atoms with E-state index in [1.54, 1.807) is 0 Å². The van der Waals surface area contributed by atoms with Crippen LogP contribution in [0.25, 0.3) is 0 Å². The van der Waals surface area contributed by atoms with Crippen LogP contribution in [0.4, 0.5) is 0 Å². The number of nitrogens with two attached hydrogens (primary N) is 1. The molecule has 1 heterocycles. The number of aromatic nitrogens is 3. The minimum absolute atomic E-state index is 0.0503. The van der Waals surface area contributed by atoms with E-state index in [-0.39, 0.29) is 23.5 Å². The number of rotatable bonds is 8. The number of nitrogens with zero attached hydrogens (tertiary/aromatic N) is 3. The molecule has 1 unspecified atom stereocenters. The van der Waals surface area contributed by atoms with E-state index in [2.05, 4.69) is 15.5 Å². The molecule has 7 nitrogen and oxygen atoms in total. The third-order valence-electron chi connectivity index (χ3n) is 4.87. The highest BCUT2D eigenvalue weighted by Crippen LogP contribution is 2.40. The van der Waals surface area contributed by atoms with Gasteiger partial charge in [0.2, 0.25) is 11.8 Å². The van der Waals surface area contributed by atoms with Gasteiger partial charge >= 0.3 is 0 Å². The first-order chi connectivity index (χ1) is 12.0. The Morgan fingerprint density at radius 1 is 1.24 bits per heavy atom. The molecule has 2 fully saturated rings. The molecule has 25 heavy (non-hydrogen) atoms. The molecule has 0 spiro atoms. The second-order valence-electron chi connectivity index (χ2n) is 7.09. The van der Waals surface area contributed by atoms with Crippen molar-refractivity contribution in [3.8, 4) is 0 Å². The molecule has 2 aliphatic rings. The Labute approximate surface area is 152 Å². The smallest absolute Gasteiger partial charge is 0.233 e. The number of amides is 2. The van der Waals surface area contributed by atoms with Gasteiger partial charge in [0.15, 0.2) is 5.16 Å². The number of nitrogens with one attached hydrogen (secondary N) is 1. The molecule has 3 rings (SSSR count). The average Bonchev–Trinajstić information content (AvgIpc) is 3.36. The van der Waals surface area contributed by atoms with Crippen molar-refractivity contribution in [2.24, 2.45) is 5.73 Å². The van der Waals surface area contributed by atoms with Crippen LogP contribution in [0.1, 0.15) is 70.0 Å². The van der Waals surface area contributed by atoms with Gasteiger partial charge < -0.3 is 15.6 Å². The Morgan fingerprint density at radius 3 is 2.60 bits per heavy atom. The van der Waals surface area contributed by atoms with E-state index in [1.165, 1.54) is 31.0 Å². The Balaban J connectivity index is 1.62. The summed E-state index contributed by atoms with van der Waals surface area (Å²) >= 11 is 1.41. The highest BCUT2D eigenvalue weighted by Gasteiger charge is 2.31. The molecule has 0 bridgehead atoms. The minimum atomic E-state index is -0.338. The van der Waals surface area contributed by atoms with Crippen molar-refractivity contribution >= 4 is 23.6 Å². The van der Waals surface area contributed by atoms with Crippen LogP contribution in [0, 0.1) is 0 Å². The van der Waals surface area contributed by atoms with Crippen molar-refractivity contribution in [1.29, 1.82) is 0 Å². The van der Waals surface area contributed by atoms with Crippen molar-refractivity contribution in [1.82, 2.24) is 20.1 Å². The molecule has 2 saturated carbocycles. The van der Waals surface area contributed by atoms with Gasteiger partial charge in [0.05, 0.1) is 5.25 Å². The summed E-state index contributed by atoms with van der Waals surface area (Å²) in [5.74, 6) is 1.06. The van der Waals surface area contributed by atoms with E-state index in [0.717, 1.165) is 31.5 Å². The van der Waals surface area contributed by atoms with E-state index >= 15 is 0 Å². The van der Waals surface area contributed by atoms with Crippen molar-refractivity contribution in [3.63, 3.8) is 0 Å². The largest absolute Gasteiger partial charge is 0.370 e. The molecule has 0 aromatic carbocycles. The Kier molecular flexibility index (Phi) is 5.98. The molecule has 3 N–H and O–H groups in total. The summed E-state index contributed by atoms with van der Waals surface area (Å²) < 4.78 is 1.97. The topological polar surface area (TPSA) is 103 Å². The van der Waals surface area contributed by atoms with Gasteiger partial charge in [-0.15, -0.1) is 10.2 Å². The fourth-order valence-corrected chi connectivity index (χ4v) is 4.13. The number of hydrogen-bond donors (Lipinski definition) is 2. The van der Waals surface area contributed by atoms with Gasteiger partial charge in [-0.05, 0) is 32.6 Å². The first kappa shape index (κ1) is 18.2. The van der Waals surface area contributed by atoms with Crippen LogP contribution >= 0.6 is 11.8 Å². The lowest BCUT2D eigenvalue weighted by molar-refractivity contribution is -0.121. The Bertz CT molecular complexity index is 623. The first-order valence-electron chi connectivity index (χ1n) is 9.23. The molecular formula is C17H27N5O2S. The monoisotopic (exact) mass is 365 g/mol. The zero-order valence-corrected chi connectivity index (χ0v) is 15.6. The molecule has 1 aromatic heterocycles. The van der Waals surface area contributed by atoms with E-state index in [0.29, 0.717) is 23.7 Å². The fourth-order valence-electron chi connectivity index (χ4n) is 3.24.